The van der Waals surface area contributed by atoms with Gasteiger partial charge in [-0.3, -0.25) is 0 Å². The van der Waals surface area contributed by atoms with Crippen molar-refractivity contribution in [2.45, 2.75) is 39.5 Å². The number of amides is 2. The van der Waals surface area contributed by atoms with Crippen molar-refractivity contribution < 1.29 is 23.8 Å². The van der Waals surface area contributed by atoms with E-state index >= 15 is 0 Å². The molecule has 0 fully saturated rings. The number of benzene rings is 2. The maximum atomic E-state index is 12.9. The van der Waals surface area contributed by atoms with Crippen LogP contribution in [-0.2, 0) is 20.9 Å². The minimum Gasteiger partial charge on any atom is -0.489 e. The van der Waals surface area contributed by atoms with Crippen LogP contribution in [0, 0.1) is 0 Å². The normalized spacial score (nSPS) is 16.0. The molecule has 31 heavy (non-hydrogen) atoms. The van der Waals surface area contributed by atoms with E-state index < -0.39 is 12.0 Å². The molecule has 2 aromatic carbocycles. The van der Waals surface area contributed by atoms with Crippen LogP contribution in [0.4, 0.5) is 4.79 Å². The second-order valence-electron chi connectivity index (χ2n) is 7.44. The van der Waals surface area contributed by atoms with Gasteiger partial charge in [0.15, 0.2) is 0 Å². The molecule has 1 aliphatic rings. The van der Waals surface area contributed by atoms with Gasteiger partial charge < -0.3 is 24.8 Å². The first-order valence-corrected chi connectivity index (χ1v) is 10.3. The number of hydrogen-bond donors (Lipinski definition) is 2. The molecule has 0 saturated heterocycles. The van der Waals surface area contributed by atoms with Crippen LogP contribution in [0.1, 0.15) is 37.9 Å². The molecule has 2 amide bonds. The summed E-state index contributed by atoms with van der Waals surface area (Å²) < 4.78 is 16.9. The molecule has 0 bridgehead atoms. The van der Waals surface area contributed by atoms with Crippen LogP contribution in [0.3, 0.4) is 0 Å². The van der Waals surface area contributed by atoms with Crippen LogP contribution < -0.4 is 15.4 Å². The lowest BCUT2D eigenvalue weighted by Gasteiger charge is -2.29. The van der Waals surface area contributed by atoms with E-state index in [2.05, 4.69) is 10.6 Å². The van der Waals surface area contributed by atoms with E-state index in [1.165, 1.54) is 0 Å². The maximum absolute atomic E-state index is 12.9. The van der Waals surface area contributed by atoms with E-state index in [-0.39, 0.29) is 18.7 Å². The number of nitrogens with one attached hydrogen (secondary N) is 2. The fourth-order valence-corrected chi connectivity index (χ4v) is 3.28. The lowest BCUT2D eigenvalue weighted by Crippen LogP contribution is -2.45. The molecule has 7 nitrogen and oxygen atoms in total. The molecule has 0 unspecified atom stereocenters. The van der Waals surface area contributed by atoms with E-state index in [1.807, 2.05) is 68.4 Å². The molecule has 2 N–H and O–H groups in total. The molecule has 2 aromatic rings. The quantitative estimate of drug-likeness (QED) is 0.472. The number of carbonyl (C=O) groups excluding carboxylic acids is 2. The second-order valence-corrected chi connectivity index (χ2v) is 7.44. The molecule has 1 aliphatic heterocycles. The van der Waals surface area contributed by atoms with Crippen molar-refractivity contribution in [2.24, 2.45) is 0 Å². The molecule has 0 aliphatic carbocycles. The monoisotopic (exact) mass is 424 g/mol. The summed E-state index contributed by atoms with van der Waals surface area (Å²) in [6.45, 7) is 6.30. The van der Waals surface area contributed by atoms with E-state index in [4.69, 9.17) is 14.2 Å². The summed E-state index contributed by atoms with van der Waals surface area (Å²) in [4.78, 5) is 25.0. The van der Waals surface area contributed by atoms with Gasteiger partial charge in [-0.15, -0.1) is 0 Å². The highest BCUT2D eigenvalue weighted by molar-refractivity contribution is 5.95. The predicted octanol–water partition coefficient (Wildman–Crippen LogP) is 3.86. The van der Waals surface area contributed by atoms with Crippen molar-refractivity contribution in [3.05, 3.63) is 77.0 Å². The molecule has 0 aromatic heterocycles. The van der Waals surface area contributed by atoms with Crippen molar-refractivity contribution in [3.8, 4) is 5.75 Å². The Labute approximate surface area is 182 Å². The third kappa shape index (κ3) is 6.08. The lowest BCUT2D eigenvalue weighted by atomic mass is 9.95. The van der Waals surface area contributed by atoms with E-state index in [0.717, 1.165) is 5.56 Å². The number of allylic oxidation sites excluding steroid dienone is 1. The van der Waals surface area contributed by atoms with Gasteiger partial charge in [-0.1, -0.05) is 48.5 Å². The highest BCUT2D eigenvalue weighted by Crippen LogP contribution is 2.33. The SMILES string of the molecule is CC1=C(C(=O)OCCOC(C)C)[C@H](c2ccccc2OCc2ccccc2)NC(=O)N1. The molecular weight excluding hydrogens is 396 g/mol. The summed E-state index contributed by atoms with van der Waals surface area (Å²) in [5, 5.41) is 5.47. The average molecular weight is 424 g/mol. The Morgan fingerprint density at radius 2 is 1.74 bits per heavy atom. The molecular formula is C24H28N2O5. The summed E-state index contributed by atoms with van der Waals surface area (Å²) in [7, 11) is 0. The summed E-state index contributed by atoms with van der Waals surface area (Å²) in [5.74, 6) is 0.0695. The third-order valence-electron chi connectivity index (χ3n) is 4.72. The highest BCUT2D eigenvalue weighted by Gasteiger charge is 2.33. The fraction of sp³-hybridized carbons (Fsp3) is 0.333. The predicted molar refractivity (Wildman–Crippen MR) is 116 cm³/mol. The zero-order chi connectivity index (χ0) is 22.2. The molecule has 0 radical (unpaired) electrons. The number of hydrogen-bond acceptors (Lipinski definition) is 5. The van der Waals surface area contributed by atoms with Gasteiger partial charge in [-0.25, -0.2) is 9.59 Å². The molecule has 7 heteroatoms. The smallest absolute Gasteiger partial charge is 0.338 e. The summed E-state index contributed by atoms with van der Waals surface area (Å²) >= 11 is 0. The Bertz CT molecular complexity index is 940. The number of carbonyl (C=O) groups is 2. The summed E-state index contributed by atoms with van der Waals surface area (Å²) in [5.41, 5.74) is 2.47. The Hall–Kier alpha value is -3.32. The van der Waals surface area contributed by atoms with Crippen molar-refractivity contribution in [3.63, 3.8) is 0 Å². The van der Waals surface area contributed by atoms with Crippen molar-refractivity contribution in [2.75, 3.05) is 13.2 Å². The molecule has 1 heterocycles. The van der Waals surface area contributed by atoms with Crippen molar-refractivity contribution in [1.82, 2.24) is 10.6 Å². The minimum atomic E-state index is -0.695. The molecule has 0 spiro atoms. The highest BCUT2D eigenvalue weighted by atomic mass is 16.6. The largest absolute Gasteiger partial charge is 0.489 e. The number of ether oxygens (including phenoxy) is 3. The first-order chi connectivity index (χ1) is 15.0. The standard InChI is InChI=1S/C24H28N2O5/c1-16(2)29-13-14-30-23(27)21-17(3)25-24(28)26-22(21)19-11-7-8-12-20(19)31-15-18-9-5-4-6-10-18/h4-12,16,22H,13-15H2,1-3H3,(H2,25,26,28)/t22-/m0/s1. The number of para-hydroxylation sites is 1. The van der Waals surface area contributed by atoms with Crippen LogP contribution in [0.15, 0.2) is 65.9 Å². The van der Waals surface area contributed by atoms with Crippen LogP contribution in [-0.4, -0.2) is 31.3 Å². The number of urea groups is 1. The van der Waals surface area contributed by atoms with Crippen molar-refractivity contribution >= 4 is 12.0 Å². The zero-order valence-corrected chi connectivity index (χ0v) is 18.0. The Morgan fingerprint density at radius 3 is 2.48 bits per heavy atom. The van der Waals surface area contributed by atoms with Gasteiger partial charge >= 0.3 is 12.0 Å². The van der Waals surface area contributed by atoms with Crippen LogP contribution >= 0.6 is 0 Å². The van der Waals surface area contributed by atoms with Gasteiger partial charge in [0.05, 0.1) is 24.3 Å². The van der Waals surface area contributed by atoms with Gasteiger partial charge in [-0.05, 0) is 32.4 Å². The first kappa shape index (κ1) is 22.4. The molecule has 0 saturated carbocycles. The number of rotatable bonds is 9. The van der Waals surface area contributed by atoms with Gasteiger partial charge in [0.2, 0.25) is 0 Å². The summed E-state index contributed by atoms with van der Waals surface area (Å²) in [6, 6.07) is 16.0. The Balaban J connectivity index is 1.81. The maximum Gasteiger partial charge on any atom is 0.338 e. The van der Waals surface area contributed by atoms with Gasteiger partial charge in [0, 0.05) is 11.3 Å². The first-order valence-electron chi connectivity index (χ1n) is 10.3. The Morgan fingerprint density at radius 1 is 1.03 bits per heavy atom. The van der Waals surface area contributed by atoms with Crippen LogP contribution in [0.2, 0.25) is 0 Å². The zero-order valence-electron chi connectivity index (χ0n) is 18.0. The van der Waals surface area contributed by atoms with E-state index in [9.17, 15) is 9.59 Å². The second kappa shape index (κ2) is 10.6. The van der Waals surface area contributed by atoms with E-state index in [0.29, 0.717) is 35.8 Å². The molecule has 3 rings (SSSR count). The third-order valence-corrected chi connectivity index (χ3v) is 4.72. The fourth-order valence-electron chi connectivity index (χ4n) is 3.28. The average Bonchev–Trinajstić information content (AvgIpc) is 2.75. The minimum absolute atomic E-state index is 0.0525. The van der Waals surface area contributed by atoms with Gasteiger partial charge in [0.25, 0.3) is 0 Å². The van der Waals surface area contributed by atoms with Crippen LogP contribution in [0.25, 0.3) is 0 Å². The lowest BCUT2D eigenvalue weighted by molar-refractivity contribution is -0.141. The number of esters is 1. The summed E-state index contributed by atoms with van der Waals surface area (Å²) in [6.07, 6.45) is 0.0525. The topological polar surface area (TPSA) is 85.9 Å². The molecule has 1 atom stereocenters. The van der Waals surface area contributed by atoms with Gasteiger partial charge in [-0.2, -0.15) is 0 Å². The Kier molecular flexibility index (Phi) is 7.67. The van der Waals surface area contributed by atoms with Crippen molar-refractivity contribution in [1.29, 1.82) is 0 Å². The van der Waals surface area contributed by atoms with E-state index in [1.54, 1.807) is 6.92 Å². The van der Waals surface area contributed by atoms with Gasteiger partial charge in [0.1, 0.15) is 19.0 Å². The van der Waals surface area contributed by atoms with Crippen LogP contribution in [0.5, 0.6) is 5.75 Å². The molecule has 164 valence electrons.